The lowest BCUT2D eigenvalue weighted by Gasteiger charge is -2.32. The van der Waals surface area contributed by atoms with Gasteiger partial charge in [-0.25, -0.2) is 4.98 Å². The molecule has 6 heteroatoms. The van der Waals surface area contributed by atoms with Crippen molar-refractivity contribution in [2.45, 2.75) is 18.4 Å². The summed E-state index contributed by atoms with van der Waals surface area (Å²) in [5, 5.41) is 3.41. The molecule has 1 saturated carbocycles. The number of nitrogens with zero attached hydrogens (tertiary/aromatic N) is 3. The molecule has 1 aromatic carbocycles. The molecule has 1 aliphatic heterocycles. The smallest absolute Gasteiger partial charge is 0.236 e. The molecule has 0 spiro atoms. The Morgan fingerprint density at radius 1 is 1.11 bits per heavy atom. The Labute approximate surface area is 159 Å². The highest BCUT2D eigenvalue weighted by Gasteiger charge is 2.38. The van der Waals surface area contributed by atoms with Gasteiger partial charge in [-0.2, -0.15) is 4.39 Å². The van der Waals surface area contributed by atoms with Gasteiger partial charge in [-0.05, 0) is 36.7 Å². The van der Waals surface area contributed by atoms with Crippen molar-refractivity contribution in [3.8, 4) is 11.1 Å². The van der Waals surface area contributed by atoms with E-state index >= 15 is 0 Å². The van der Waals surface area contributed by atoms with Crippen LogP contribution in [0.3, 0.4) is 0 Å². The molecule has 27 heavy (non-hydrogen) atoms. The number of halogens is 1. The average Bonchev–Trinajstić information content (AvgIpc) is 3.47. The molecule has 2 aromatic rings. The lowest BCUT2D eigenvalue weighted by molar-refractivity contribution is -0.131. The lowest BCUT2D eigenvalue weighted by atomic mass is 10.0. The quantitative estimate of drug-likeness (QED) is 0.822. The van der Waals surface area contributed by atoms with Gasteiger partial charge >= 0.3 is 0 Å². The zero-order chi connectivity index (χ0) is 18.8. The highest BCUT2D eigenvalue weighted by atomic mass is 19.1. The molecule has 1 N–H and O–H groups in total. The maximum atomic E-state index is 12.9. The van der Waals surface area contributed by atoms with Crippen LogP contribution in [-0.4, -0.2) is 66.5 Å². The van der Waals surface area contributed by atoms with Gasteiger partial charge < -0.3 is 15.1 Å². The summed E-state index contributed by atoms with van der Waals surface area (Å²) in [7, 11) is 2.09. The molecule has 2 atom stereocenters. The van der Waals surface area contributed by atoms with Crippen LogP contribution in [-0.2, 0) is 4.79 Å². The number of pyridine rings is 1. The van der Waals surface area contributed by atoms with Gasteiger partial charge in [0.25, 0.3) is 0 Å². The number of benzene rings is 1. The fraction of sp³-hybridized carbons (Fsp3) is 0.429. The van der Waals surface area contributed by atoms with E-state index in [9.17, 15) is 9.18 Å². The number of rotatable bonds is 5. The zero-order valence-corrected chi connectivity index (χ0v) is 15.6. The van der Waals surface area contributed by atoms with E-state index in [-0.39, 0.29) is 5.91 Å². The number of likely N-dealkylation sites (N-methyl/N-ethyl adjacent to an activating group) is 1. The van der Waals surface area contributed by atoms with E-state index in [4.69, 9.17) is 0 Å². The number of hydrogen-bond donors (Lipinski definition) is 1. The van der Waals surface area contributed by atoms with Crippen LogP contribution in [0.2, 0.25) is 0 Å². The third-order valence-electron chi connectivity index (χ3n) is 5.56. The van der Waals surface area contributed by atoms with Crippen molar-refractivity contribution in [2.75, 3.05) is 39.8 Å². The summed E-state index contributed by atoms with van der Waals surface area (Å²) in [6, 6.07) is 11.8. The van der Waals surface area contributed by atoms with Gasteiger partial charge in [0.2, 0.25) is 11.9 Å². The van der Waals surface area contributed by atoms with Gasteiger partial charge in [0.1, 0.15) is 0 Å². The molecule has 0 bridgehead atoms. The minimum Gasteiger partial charge on any atom is -0.339 e. The van der Waals surface area contributed by atoms with Crippen LogP contribution >= 0.6 is 0 Å². The van der Waals surface area contributed by atoms with Crippen LogP contribution in [0.25, 0.3) is 11.1 Å². The molecule has 1 aromatic heterocycles. The standard InChI is InChI=1S/C21H25FN4O/c1-25-8-10-26(11-9-25)21(27)14-23-19-12-18(19)16-4-2-15(3-5-16)17-6-7-20(22)24-13-17/h2-7,13,18-19,23H,8-12,14H2,1H3. The summed E-state index contributed by atoms with van der Waals surface area (Å²) in [4.78, 5) is 20.2. The van der Waals surface area contributed by atoms with E-state index in [1.165, 1.54) is 11.6 Å². The average molecular weight is 368 g/mol. The van der Waals surface area contributed by atoms with Gasteiger partial charge in [-0.1, -0.05) is 24.3 Å². The first-order valence-corrected chi connectivity index (χ1v) is 9.52. The van der Waals surface area contributed by atoms with Gasteiger partial charge in [0, 0.05) is 49.9 Å². The third-order valence-corrected chi connectivity index (χ3v) is 5.56. The Bertz CT molecular complexity index is 785. The number of nitrogens with one attached hydrogen (secondary N) is 1. The molecule has 142 valence electrons. The van der Waals surface area contributed by atoms with Crippen LogP contribution in [0.4, 0.5) is 4.39 Å². The minimum atomic E-state index is -0.464. The van der Waals surface area contributed by atoms with Crippen molar-refractivity contribution in [3.63, 3.8) is 0 Å². The minimum absolute atomic E-state index is 0.202. The SMILES string of the molecule is CN1CCN(C(=O)CNC2CC2c2ccc(-c3ccc(F)nc3)cc2)CC1. The first-order valence-electron chi connectivity index (χ1n) is 9.52. The van der Waals surface area contributed by atoms with Gasteiger partial charge in [0.15, 0.2) is 0 Å². The zero-order valence-electron chi connectivity index (χ0n) is 15.6. The molecule has 1 aliphatic carbocycles. The Morgan fingerprint density at radius 2 is 1.81 bits per heavy atom. The first kappa shape index (κ1) is 18.1. The molecular formula is C21H25FN4O. The van der Waals surface area contributed by atoms with Crippen molar-refractivity contribution in [1.29, 1.82) is 0 Å². The van der Waals surface area contributed by atoms with Crippen molar-refractivity contribution in [1.82, 2.24) is 20.1 Å². The molecule has 2 aliphatic rings. The third kappa shape index (κ3) is 4.34. The van der Waals surface area contributed by atoms with E-state index < -0.39 is 5.95 Å². The molecule has 2 heterocycles. The van der Waals surface area contributed by atoms with Crippen LogP contribution in [0, 0.1) is 5.95 Å². The summed E-state index contributed by atoms with van der Waals surface area (Å²) < 4.78 is 12.9. The predicted octanol–water partition coefficient (Wildman–Crippen LogP) is 2.11. The molecule has 2 unspecified atom stereocenters. The number of piperazine rings is 1. The largest absolute Gasteiger partial charge is 0.339 e. The predicted molar refractivity (Wildman–Crippen MR) is 103 cm³/mol. The van der Waals surface area contributed by atoms with Gasteiger partial charge in [-0.3, -0.25) is 4.79 Å². The van der Waals surface area contributed by atoms with E-state index in [0.29, 0.717) is 18.5 Å². The van der Waals surface area contributed by atoms with Gasteiger partial charge in [-0.15, -0.1) is 0 Å². The molecule has 1 saturated heterocycles. The van der Waals surface area contributed by atoms with E-state index in [1.54, 1.807) is 12.3 Å². The number of amides is 1. The maximum Gasteiger partial charge on any atom is 0.236 e. The maximum absolute atomic E-state index is 12.9. The Hall–Kier alpha value is -2.31. The second kappa shape index (κ2) is 7.74. The van der Waals surface area contributed by atoms with Crippen molar-refractivity contribution >= 4 is 5.91 Å². The van der Waals surface area contributed by atoms with Crippen LogP contribution in [0.15, 0.2) is 42.6 Å². The summed E-state index contributed by atoms with van der Waals surface area (Å²) in [5.74, 6) is 0.201. The van der Waals surface area contributed by atoms with Crippen LogP contribution < -0.4 is 5.32 Å². The van der Waals surface area contributed by atoms with E-state index in [2.05, 4.69) is 46.5 Å². The number of hydrogen-bond acceptors (Lipinski definition) is 4. The van der Waals surface area contributed by atoms with Crippen molar-refractivity contribution < 1.29 is 9.18 Å². The highest BCUT2D eigenvalue weighted by Crippen LogP contribution is 2.41. The normalized spacial score (nSPS) is 22.7. The molecular weight excluding hydrogens is 343 g/mol. The van der Waals surface area contributed by atoms with Crippen LogP contribution in [0.1, 0.15) is 17.9 Å². The first-order chi connectivity index (χ1) is 13.1. The van der Waals surface area contributed by atoms with Gasteiger partial charge in [0.05, 0.1) is 6.54 Å². The summed E-state index contributed by atoms with van der Waals surface area (Å²) in [6.45, 7) is 3.97. The fourth-order valence-corrected chi connectivity index (χ4v) is 3.64. The Kier molecular flexibility index (Phi) is 5.18. The second-order valence-electron chi connectivity index (χ2n) is 7.51. The van der Waals surface area contributed by atoms with Crippen molar-refractivity contribution in [3.05, 3.63) is 54.1 Å². The number of carbonyl (C=O) groups is 1. The number of aromatic nitrogens is 1. The molecule has 0 radical (unpaired) electrons. The Balaban J connectivity index is 1.27. The lowest BCUT2D eigenvalue weighted by Crippen LogP contribution is -2.49. The molecule has 4 rings (SSSR count). The topological polar surface area (TPSA) is 48.5 Å². The van der Waals surface area contributed by atoms with Crippen LogP contribution in [0.5, 0.6) is 0 Å². The fourth-order valence-electron chi connectivity index (χ4n) is 3.64. The molecule has 5 nitrogen and oxygen atoms in total. The highest BCUT2D eigenvalue weighted by molar-refractivity contribution is 5.78. The summed E-state index contributed by atoms with van der Waals surface area (Å²) >= 11 is 0. The molecule has 2 fully saturated rings. The molecule has 1 amide bonds. The summed E-state index contributed by atoms with van der Waals surface area (Å²) in [5.41, 5.74) is 3.21. The van der Waals surface area contributed by atoms with Crippen molar-refractivity contribution in [2.24, 2.45) is 0 Å². The van der Waals surface area contributed by atoms with E-state index in [1.807, 2.05) is 4.90 Å². The van der Waals surface area contributed by atoms with E-state index in [0.717, 1.165) is 43.7 Å². The monoisotopic (exact) mass is 368 g/mol. The Morgan fingerprint density at radius 3 is 2.48 bits per heavy atom. The second-order valence-corrected chi connectivity index (χ2v) is 7.51. The summed E-state index contributed by atoms with van der Waals surface area (Å²) in [6.07, 6.45) is 2.61. The number of carbonyl (C=O) groups excluding carboxylic acids is 1.